The first-order valence-corrected chi connectivity index (χ1v) is 15.2. The van der Waals surface area contributed by atoms with Gasteiger partial charge in [-0.3, -0.25) is 4.98 Å². The number of anilines is 2. The van der Waals surface area contributed by atoms with E-state index in [9.17, 15) is 0 Å². The maximum absolute atomic E-state index is 4.27. The van der Waals surface area contributed by atoms with Crippen LogP contribution in [-0.4, -0.2) is 4.98 Å². The Morgan fingerprint density at radius 1 is 0.364 bits per heavy atom. The van der Waals surface area contributed by atoms with Gasteiger partial charge >= 0.3 is 0 Å². The van der Waals surface area contributed by atoms with E-state index in [1.807, 2.05) is 12.4 Å². The first-order valence-electron chi connectivity index (χ1n) is 15.2. The van der Waals surface area contributed by atoms with Crippen molar-refractivity contribution in [1.82, 2.24) is 4.98 Å². The maximum atomic E-state index is 4.27. The van der Waals surface area contributed by atoms with Crippen LogP contribution in [0.5, 0.6) is 0 Å². The van der Waals surface area contributed by atoms with Crippen LogP contribution in [0.3, 0.4) is 0 Å². The zero-order chi connectivity index (χ0) is 29.0. The molecule has 44 heavy (non-hydrogen) atoms. The molecule has 6 aromatic carbocycles. The maximum Gasteiger partial charge on any atom is 0.0857 e. The highest BCUT2D eigenvalue weighted by Crippen LogP contribution is 2.58. The Morgan fingerprint density at radius 2 is 0.864 bits per heavy atom. The summed E-state index contributed by atoms with van der Waals surface area (Å²) >= 11 is 0. The molecule has 2 heteroatoms. The van der Waals surface area contributed by atoms with Crippen LogP contribution in [-0.2, 0) is 0 Å². The number of fused-ring (bicyclic) bond motifs is 11. The molecule has 0 saturated heterocycles. The predicted molar refractivity (Wildman–Crippen MR) is 182 cm³/mol. The predicted octanol–water partition coefficient (Wildman–Crippen LogP) is 11.0. The third-order valence-electron chi connectivity index (χ3n) is 9.18. The van der Waals surface area contributed by atoms with Gasteiger partial charge in [0, 0.05) is 34.9 Å². The fraction of sp³-hybridized carbons (Fsp3) is 0.0238. The molecular weight excluding hydrogens is 532 g/mol. The fourth-order valence-electron chi connectivity index (χ4n) is 7.14. The third kappa shape index (κ3) is 3.85. The lowest BCUT2D eigenvalue weighted by atomic mass is 9.77. The Morgan fingerprint density at radius 3 is 1.50 bits per heavy atom. The monoisotopic (exact) mass is 560 g/mol. The summed E-state index contributed by atoms with van der Waals surface area (Å²) in [5.74, 6) is 0. The summed E-state index contributed by atoms with van der Waals surface area (Å²) in [5, 5.41) is 0. The van der Waals surface area contributed by atoms with Crippen LogP contribution >= 0.6 is 0 Å². The van der Waals surface area contributed by atoms with Crippen molar-refractivity contribution < 1.29 is 0 Å². The van der Waals surface area contributed by atoms with Crippen LogP contribution in [0.4, 0.5) is 11.4 Å². The van der Waals surface area contributed by atoms with Gasteiger partial charge in [0.05, 0.1) is 6.04 Å². The van der Waals surface area contributed by atoms with Crippen molar-refractivity contribution in [2.24, 2.45) is 0 Å². The number of aromatic nitrogens is 1. The van der Waals surface area contributed by atoms with Gasteiger partial charge in [-0.15, -0.1) is 0 Å². The van der Waals surface area contributed by atoms with E-state index >= 15 is 0 Å². The summed E-state index contributed by atoms with van der Waals surface area (Å²) in [4.78, 5) is 6.85. The van der Waals surface area contributed by atoms with Gasteiger partial charge in [-0.25, -0.2) is 0 Å². The topological polar surface area (TPSA) is 16.1 Å². The Kier molecular flexibility index (Phi) is 5.60. The van der Waals surface area contributed by atoms with E-state index in [0.717, 1.165) is 0 Å². The largest absolute Gasteiger partial charge is 0.329 e. The second-order valence-electron chi connectivity index (χ2n) is 11.6. The van der Waals surface area contributed by atoms with Crippen LogP contribution in [0, 0.1) is 0 Å². The second-order valence-corrected chi connectivity index (χ2v) is 11.6. The number of hydrogen-bond donors (Lipinski definition) is 0. The van der Waals surface area contributed by atoms with Gasteiger partial charge in [0.1, 0.15) is 0 Å². The van der Waals surface area contributed by atoms with Gasteiger partial charge in [-0.2, -0.15) is 0 Å². The molecule has 2 nitrogen and oxygen atoms in total. The third-order valence-corrected chi connectivity index (χ3v) is 9.18. The molecule has 3 heterocycles. The molecular formula is C42H28N2. The Hall–Kier alpha value is -5.73. The van der Waals surface area contributed by atoms with Crippen LogP contribution in [0.15, 0.2) is 164 Å². The summed E-state index contributed by atoms with van der Waals surface area (Å²) < 4.78 is 0. The van der Waals surface area contributed by atoms with Crippen molar-refractivity contribution in [2.45, 2.75) is 6.04 Å². The molecule has 0 bridgehead atoms. The Labute approximate surface area is 257 Å². The van der Waals surface area contributed by atoms with E-state index in [0.29, 0.717) is 0 Å². The normalized spacial score (nSPS) is 14.1. The van der Waals surface area contributed by atoms with E-state index in [-0.39, 0.29) is 6.04 Å². The standard InChI is InChI=1S/C42H28N2/c1-3-9-28(10-4-1)32-16-19-40-37(25-32)34-13-7-8-14-36(34)42-39-27-31(30-21-23-43-24-22-30)15-18-35(39)38-26-33(17-20-41(38)44(40)42)29-11-5-2-6-12-29/h1-27,42H. The Balaban J connectivity index is 1.32. The molecule has 9 rings (SSSR count). The minimum absolute atomic E-state index is 0.0492. The number of hydrogen-bond acceptors (Lipinski definition) is 2. The highest BCUT2D eigenvalue weighted by molar-refractivity contribution is 5.99. The highest BCUT2D eigenvalue weighted by atomic mass is 15.2. The number of benzene rings is 6. The molecule has 0 amide bonds. The molecule has 1 atom stereocenters. The molecule has 206 valence electrons. The molecule has 0 radical (unpaired) electrons. The van der Waals surface area contributed by atoms with Gasteiger partial charge in [-0.05, 0) is 98.1 Å². The average Bonchev–Trinajstić information content (AvgIpc) is 3.12. The van der Waals surface area contributed by atoms with E-state index < -0.39 is 0 Å². The zero-order valence-corrected chi connectivity index (χ0v) is 24.1. The van der Waals surface area contributed by atoms with E-state index in [4.69, 9.17) is 0 Å². The summed E-state index contributed by atoms with van der Waals surface area (Å²) in [5.41, 5.74) is 17.5. The van der Waals surface area contributed by atoms with Crippen molar-refractivity contribution in [3.63, 3.8) is 0 Å². The minimum atomic E-state index is 0.0492. The van der Waals surface area contributed by atoms with Gasteiger partial charge in [0.25, 0.3) is 0 Å². The second kappa shape index (κ2) is 9.93. The molecule has 2 aliphatic heterocycles. The van der Waals surface area contributed by atoms with Crippen LogP contribution in [0.25, 0.3) is 55.6 Å². The molecule has 2 aliphatic rings. The van der Waals surface area contributed by atoms with Crippen molar-refractivity contribution in [3.8, 4) is 55.6 Å². The van der Waals surface area contributed by atoms with E-state index in [1.165, 1.54) is 78.1 Å². The van der Waals surface area contributed by atoms with Crippen LogP contribution in [0.2, 0.25) is 0 Å². The number of rotatable bonds is 3. The molecule has 1 aromatic heterocycles. The first kappa shape index (κ1) is 24.8. The lowest BCUT2D eigenvalue weighted by molar-refractivity contribution is 0.803. The summed E-state index contributed by atoms with van der Waals surface area (Å²) in [6, 6.07) is 55.5. The first-order chi connectivity index (χ1) is 21.8. The summed E-state index contributed by atoms with van der Waals surface area (Å²) in [6.07, 6.45) is 3.75. The minimum Gasteiger partial charge on any atom is -0.329 e. The van der Waals surface area contributed by atoms with Crippen molar-refractivity contribution in [1.29, 1.82) is 0 Å². The Bertz CT molecular complexity index is 2170. The SMILES string of the molecule is c1ccc(-c2ccc3c(c2)-c2ccccc2C2c4cc(-c5ccncc5)ccc4-c4cc(-c5ccccc5)ccc4N32)cc1. The summed E-state index contributed by atoms with van der Waals surface area (Å²) in [7, 11) is 0. The molecule has 0 spiro atoms. The fourth-order valence-corrected chi connectivity index (χ4v) is 7.14. The van der Waals surface area contributed by atoms with E-state index in [1.54, 1.807) is 0 Å². The van der Waals surface area contributed by atoms with Crippen molar-refractivity contribution >= 4 is 11.4 Å². The lowest BCUT2D eigenvalue weighted by Gasteiger charge is -2.45. The van der Waals surface area contributed by atoms with Gasteiger partial charge in [0.2, 0.25) is 0 Å². The average molecular weight is 561 g/mol. The molecule has 0 N–H and O–H groups in total. The molecule has 0 fully saturated rings. The van der Waals surface area contributed by atoms with Crippen molar-refractivity contribution in [2.75, 3.05) is 4.90 Å². The van der Waals surface area contributed by atoms with Crippen LogP contribution < -0.4 is 4.90 Å². The highest BCUT2D eigenvalue weighted by Gasteiger charge is 2.39. The van der Waals surface area contributed by atoms with E-state index in [2.05, 4.69) is 162 Å². The lowest BCUT2D eigenvalue weighted by Crippen LogP contribution is -2.32. The summed E-state index contributed by atoms with van der Waals surface area (Å²) in [6.45, 7) is 0. The quantitative estimate of drug-likeness (QED) is 0.214. The molecule has 0 aliphatic carbocycles. The number of pyridine rings is 1. The zero-order valence-electron chi connectivity index (χ0n) is 24.1. The number of nitrogens with zero attached hydrogens (tertiary/aromatic N) is 2. The van der Waals surface area contributed by atoms with Gasteiger partial charge in [0.15, 0.2) is 0 Å². The smallest absolute Gasteiger partial charge is 0.0857 e. The molecule has 7 aromatic rings. The van der Waals surface area contributed by atoms with Gasteiger partial charge in [-0.1, -0.05) is 109 Å². The van der Waals surface area contributed by atoms with Crippen molar-refractivity contribution in [3.05, 3.63) is 175 Å². The van der Waals surface area contributed by atoms with Crippen LogP contribution in [0.1, 0.15) is 17.2 Å². The molecule has 0 saturated carbocycles. The molecule has 1 unspecified atom stereocenters. The van der Waals surface area contributed by atoms with Gasteiger partial charge < -0.3 is 4.90 Å².